The number of likely N-dealkylation sites (N-methyl/N-ethyl adjacent to an activating group) is 1. The van der Waals surface area contributed by atoms with Crippen LogP contribution in [0.4, 0.5) is 0 Å². The van der Waals surface area contributed by atoms with E-state index >= 15 is 0 Å². The van der Waals surface area contributed by atoms with Gasteiger partial charge in [0.1, 0.15) is 0 Å². The van der Waals surface area contributed by atoms with Gasteiger partial charge in [0.25, 0.3) is 5.91 Å². The highest BCUT2D eigenvalue weighted by atomic mass is 16.2. The van der Waals surface area contributed by atoms with Crippen LogP contribution in [0.15, 0.2) is 30.0 Å². The summed E-state index contributed by atoms with van der Waals surface area (Å²) in [7, 11) is 3.19. The number of aromatic nitrogens is 1. The Kier molecular flexibility index (Phi) is 3.74. The molecule has 0 bridgehead atoms. The minimum atomic E-state index is -0.323. The predicted molar refractivity (Wildman–Crippen MR) is 57.0 cm³/mol. The molecular weight excluding hydrogens is 192 g/mol. The molecule has 0 aliphatic carbocycles. The zero-order valence-corrected chi connectivity index (χ0v) is 8.68. The van der Waals surface area contributed by atoms with Crippen LogP contribution in [-0.2, 0) is 9.59 Å². The summed E-state index contributed by atoms with van der Waals surface area (Å²) >= 11 is 0. The van der Waals surface area contributed by atoms with E-state index in [4.69, 9.17) is 0 Å². The van der Waals surface area contributed by atoms with E-state index in [0.717, 1.165) is 0 Å². The minimum absolute atomic E-state index is 0.0960. The first-order valence-corrected chi connectivity index (χ1v) is 4.44. The number of aldehydes is 1. The van der Waals surface area contributed by atoms with Gasteiger partial charge in [0.15, 0.2) is 6.29 Å². The van der Waals surface area contributed by atoms with Gasteiger partial charge in [-0.1, -0.05) is 6.07 Å². The molecule has 0 aromatic carbocycles. The molecule has 0 aliphatic heterocycles. The highest BCUT2D eigenvalue weighted by Crippen LogP contribution is 2.03. The summed E-state index contributed by atoms with van der Waals surface area (Å²) in [4.78, 5) is 27.5. The molecule has 4 heteroatoms. The molecule has 15 heavy (non-hydrogen) atoms. The number of pyridine rings is 1. The molecule has 1 rings (SSSR count). The summed E-state index contributed by atoms with van der Waals surface area (Å²) in [5.74, 6) is -0.323. The third-order valence-corrected chi connectivity index (χ3v) is 1.77. The van der Waals surface area contributed by atoms with Gasteiger partial charge in [0.2, 0.25) is 0 Å². The van der Waals surface area contributed by atoms with Crippen molar-refractivity contribution < 1.29 is 9.59 Å². The van der Waals surface area contributed by atoms with Crippen molar-refractivity contribution in [2.75, 3.05) is 14.1 Å². The molecule has 0 aliphatic rings. The molecule has 78 valence electrons. The van der Waals surface area contributed by atoms with Crippen molar-refractivity contribution >= 4 is 18.3 Å². The van der Waals surface area contributed by atoms with Crippen LogP contribution in [0.1, 0.15) is 5.69 Å². The number of carbonyl (C=O) groups excluding carboxylic acids is 2. The highest BCUT2D eigenvalue weighted by molar-refractivity contribution is 6.13. The molecule has 0 unspecified atom stereocenters. The molecule has 1 aromatic heterocycles. The fourth-order valence-corrected chi connectivity index (χ4v) is 1.03. The SMILES string of the molecule is CN(C)C(=O)C(C=O)=Cc1ccccn1. The standard InChI is InChI=1S/C11H12N2O2/c1-13(2)11(15)9(8-14)7-10-5-3-4-6-12-10/h3-8H,1-2H3. The van der Waals surface area contributed by atoms with E-state index in [2.05, 4.69) is 4.98 Å². The van der Waals surface area contributed by atoms with Gasteiger partial charge >= 0.3 is 0 Å². The predicted octanol–water partition coefficient (Wildman–Crippen LogP) is 0.752. The van der Waals surface area contributed by atoms with Gasteiger partial charge in [-0.05, 0) is 18.2 Å². The smallest absolute Gasteiger partial charge is 0.256 e. The van der Waals surface area contributed by atoms with Gasteiger partial charge in [-0.3, -0.25) is 14.6 Å². The molecule has 0 saturated carbocycles. The number of carbonyl (C=O) groups is 2. The van der Waals surface area contributed by atoms with Crippen molar-refractivity contribution in [3.8, 4) is 0 Å². The Hall–Kier alpha value is -1.97. The first-order chi connectivity index (χ1) is 7.15. The molecule has 0 saturated heterocycles. The first kappa shape index (κ1) is 11.1. The molecule has 0 atom stereocenters. The van der Waals surface area contributed by atoms with Crippen molar-refractivity contribution in [3.05, 3.63) is 35.7 Å². The quantitative estimate of drug-likeness (QED) is 0.316. The fraction of sp³-hybridized carbons (Fsp3) is 0.182. The van der Waals surface area contributed by atoms with Gasteiger partial charge in [-0.25, -0.2) is 0 Å². The summed E-state index contributed by atoms with van der Waals surface area (Å²) in [5, 5.41) is 0. The Balaban J connectivity index is 2.98. The Labute approximate surface area is 88.2 Å². The maximum atomic E-state index is 11.5. The van der Waals surface area contributed by atoms with E-state index in [1.54, 1.807) is 38.5 Å². The average Bonchev–Trinajstić information content (AvgIpc) is 2.26. The van der Waals surface area contributed by atoms with Crippen LogP contribution in [0.5, 0.6) is 0 Å². The van der Waals surface area contributed by atoms with Crippen LogP contribution >= 0.6 is 0 Å². The lowest BCUT2D eigenvalue weighted by Gasteiger charge is -2.08. The summed E-state index contributed by atoms with van der Waals surface area (Å²) in [6, 6.07) is 5.29. The average molecular weight is 204 g/mol. The lowest BCUT2D eigenvalue weighted by molar-refractivity contribution is -0.125. The normalized spacial score (nSPS) is 10.9. The van der Waals surface area contributed by atoms with E-state index in [1.165, 1.54) is 11.0 Å². The largest absolute Gasteiger partial charge is 0.345 e. The zero-order valence-electron chi connectivity index (χ0n) is 8.68. The zero-order chi connectivity index (χ0) is 11.3. The Morgan fingerprint density at radius 3 is 2.60 bits per heavy atom. The number of hydrogen-bond donors (Lipinski definition) is 0. The van der Waals surface area contributed by atoms with E-state index in [9.17, 15) is 9.59 Å². The van der Waals surface area contributed by atoms with Gasteiger partial charge in [-0.2, -0.15) is 0 Å². The highest BCUT2D eigenvalue weighted by Gasteiger charge is 2.10. The molecular formula is C11H12N2O2. The number of amides is 1. The summed E-state index contributed by atoms with van der Waals surface area (Å²) in [6.07, 6.45) is 3.61. The van der Waals surface area contributed by atoms with Gasteiger partial charge in [0, 0.05) is 20.3 Å². The van der Waals surface area contributed by atoms with Crippen LogP contribution in [-0.4, -0.2) is 36.2 Å². The van der Waals surface area contributed by atoms with Crippen LogP contribution in [0, 0.1) is 0 Å². The van der Waals surface area contributed by atoms with Crippen molar-refractivity contribution in [2.24, 2.45) is 0 Å². The maximum Gasteiger partial charge on any atom is 0.256 e. The number of rotatable bonds is 3. The van der Waals surface area contributed by atoms with Gasteiger partial charge < -0.3 is 4.90 Å². The van der Waals surface area contributed by atoms with Gasteiger partial charge in [0.05, 0.1) is 11.3 Å². The lowest BCUT2D eigenvalue weighted by atomic mass is 10.2. The monoisotopic (exact) mass is 204 g/mol. The van der Waals surface area contributed by atoms with Crippen LogP contribution < -0.4 is 0 Å². The number of hydrogen-bond acceptors (Lipinski definition) is 3. The third-order valence-electron chi connectivity index (χ3n) is 1.77. The van der Waals surface area contributed by atoms with E-state index in [-0.39, 0.29) is 11.5 Å². The Bertz CT molecular complexity index is 383. The third kappa shape index (κ3) is 3.02. The van der Waals surface area contributed by atoms with E-state index in [0.29, 0.717) is 12.0 Å². The topological polar surface area (TPSA) is 50.3 Å². The molecule has 0 fully saturated rings. The number of nitrogens with zero attached hydrogens (tertiary/aromatic N) is 2. The maximum absolute atomic E-state index is 11.5. The van der Waals surface area contributed by atoms with Crippen LogP contribution in [0.3, 0.4) is 0 Å². The van der Waals surface area contributed by atoms with Crippen molar-refractivity contribution in [2.45, 2.75) is 0 Å². The summed E-state index contributed by atoms with van der Waals surface area (Å²) < 4.78 is 0. The van der Waals surface area contributed by atoms with Crippen molar-refractivity contribution in [1.82, 2.24) is 9.88 Å². The van der Waals surface area contributed by atoms with Crippen molar-refractivity contribution in [1.29, 1.82) is 0 Å². The Morgan fingerprint density at radius 2 is 2.13 bits per heavy atom. The Morgan fingerprint density at radius 1 is 1.40 bits per heavy atom. The molecule has 0 radical (unpaired) electrons. The second-order valence-corrected chi connectivity index (χ2v) is 3.17. The molecule has 1 heterocycles. The summed E-state index contributed by atoms with van der Waals surface area (Å²) in [6.45, 7) is 0. The fourth-order valence-electron chi connectivity index (χ4n) is 1.03. The first-order valence-electron chi connectivity index (χ1n) is 4.44. The second-order valence-electron chi connectivity index (χ2n) is 3.17. The molecule has 1 amide bonds. The van der Waals surface area contributed by atoms with E-state index < -0.39 is 0 Å². The lowest BCUT2D eigenvalue weighted by Crippen LogP contribution is -2.24. The molecule has 0 N–H and O–H groups in total. The molecule has 4 nitrogen and oxygen atoms in total. The second kappa shape index (κ2) is 5.05. The van der Waals surface area contributed by atoms with Gasteiger partial charge in [-0.15, -0.1) is 0 Å². The van der Waals surface area contributed by atoms with Crippen molar-refractivity contribution in [3.63, 3.8) is 0 Å². The summed E-state index contributed by atoms with van der Waals surface area (Å²) in [5.41, 5.74) is 0.688. The van der Waals surface area contributed by atoms with Crippen LogP contribution in [0.25, 0.3) is 6.08 Å². The minimum Gasteiger partial charge on any atom is -0.345 e. The molecule has 1 aromatic rings. The van der Waals surface area contributed by atoms with Crippen LogP contribution in [0.2, 0.25) is 0 Å². The van der Waals surface area contributed by atoms with E-state index in [1.807, 2.05) is 0 Å². The molecule has 0 spiro atoms.